The van der Waals surface area contributed by atoms with Crippen LogP contribution in [0.3, 0.4) is 0 Å². The molecule has 0 amide bonds. The van der Waals surface area contributed by atoms with Crippen molar-refractivity contribution in [2.45, 2.75) is 19.9 Å². The molecule has 0 aliphatic rings. The first kappa shape index (κ1) is 14.0. The molecule has 0 fully saturated rings. The summed E-state index contributed by atoms with van der Waals surface area (Å²) in [4.78, 5) is 14.6. The molecule has 104 valence electrons. The molecule has 2 aromatic rings. The molecule has 0 aliphatic carbocycles. The lowest BCUT2D eigenvalue weighted by Crippen LogP contribution is -2.07. The normalized spacial score (nSPS) is 11.9. The number of ether oxygens (including phenoxy) is 1. The Morgan fingerprint density at radius 1 is 1.40 bits per heavy atom. The molecule has 1 aromatic carbocycles. The van der Waals surface area contributed by atoms with Crippen LogP contribution in [0.25, 0.3) is 0 Å². The highest BCUT2D eigenvalue weighted by atomic mass is 16.6. The van der Waals surface area contributed by atoms with Crippen LogP contribution in [0.5, 0.6) is 11.6 Å². The van der Waals surface area contributed by atoms with Gasteiger partial charge in [0.25, 0.3) is 0 Å². The maximum Gasteiger partial charge on any atom is 0.311 e. The Morgan fingerprint density at radius 3 is 2.80 bits per heavy atom. The van der Waals surface area contributed by atoms with Gasteiger partial charge in [0, 0.05) is 23.9 Å². The van der Waals surface area contributed by atoms with E-state index in [1.54, 1.807) is 37.4 Å². The monoisotopic (exact) mass is 273 g/mol. The maximum atomic E-state index is 11.0. The van der Waals surface area contributed by atoms with Gasteiger partial charge >= 0.3 is 5.69 Å². The molecular weight excluding hydrogens is 258 g/mol. The lowest BCUT2D eigenvalue weighted by molar-refractivity contribution is -0.385. The highest BCUT2D eigenvalue weighted by molar-refractivity contribution is 5.50. The zero-order chi connectivity index (χ0) is 14.7. The molecule has 1 aromatic heterocycles. The van der Waals surface area contributed by atoms with Gasteiger partial charge in [0.15, 0.2) is 0 Å². The van der Waals surface area contributed by atoms with E-state index >= 15 is 0 Å². The van der Waals surface area contributed by atoms with E-state index in [2.05, 4.69) is 4.98 Å². The molecule has 6 heteroatoms. The third-order valence-corrected chi connectivity index (χ3v) is 2.81. The molecule has 0 radical (unpaired) electrons. The minimum Gasteiger partial charge on any atom is -0.431 e. The number of benzene rings is 1. The molecule has 0 saturated carbocycles. The predicted molar refractivity (Wildman–Crippen MR) is 74.7 cm³/mol. The molecular formula is C14H15N3O3. The Hall–Kier alpha value is -2.47. The van der Waals surface area contributed by atoms with Crippen LogP contribution in [0, 0.1) is 17.0 Å². The molecule has 0 aliphatic heterocycles. The van der Waals surface area contributed by atoms with Crippen molar-refractivity contribution < 1.29 is 9.66 Å². The van der Waals surface area contributed by atoms with E-state index in [0.717, 1.165) is 5.56 Å². The number of aromatic nitrogens is 1. The molecule has 1 heterocycles. The van der Waals surface area contributed by atoms with Gasteiger partial charge in [-0.2, -0.15) is 0 Å². The van der Waals surface area contributed by atoms with Gasteiger partial charge < -0.3 is 10.5 Å². The molecule has 0 bridgehead atoms. The lowest BCUT2D eigenvalue weighted by Gasteiger charge is -2.12. The van der Waals surface area contributed by atoms with Gasteiger partial charge in [-0.3, -0.25) is 10.1 Å². The summed E-state index contributed by atoms with van der Waals surface area (Å²) < 4.78 is 5.61. The standard InChI is InChI=1S/C14H15N3O3/c1-9-5-6-12(17(18)19)13(8-9)20-14-11(10(2)15)4-3-7-16-14/h3-8,10H,15H2,1-2H3/t10-/m1/s1. The van der Waals surface area contributed by atoms with Crippen LogP contribution in [0.2, 0.25) is 0 Å². The van der Waals surface area contributed by atoms with Crippen molar-refractivity contribution in [3.8, 4) is 11.6 Å². The summed E-state index contributed by atoms with van der Waals surface area (Å²) in [7, 11) is 0. The highest BCUT2D eigenvalue weighted by Gasteiger charge is 2.18. The number of nitrogens with zero attached hydrogens (tertiary/aromatic N) is 2. The molecule has 2 N–H and O–H groups in total. The first-order valence-corrected chi connectivity index (χ1v) is 6.12. The van der Waals surface area contributed by atoms with Crippen LogP contribution < -0.4 is 10.5 Å². The number of hydrogen-bond acceptors (Lipinski definition) is 5. The molecule has 0 saturated heterocycles. The van der Waals surface area contributed by atoms with Gasteiger partial charge in [-0.25, -0.2) is 4.98 Å². The van der Waals surface area contributed by atoms with E-state index in [0.29, 0.717) is 5.56 Å². The van der Waals surface area contributed by atoms with Crippen molar-refractivity contribution in [2.75, 3.05) is 0 Å². The maximum absolute atomic E-state index is 11.0. The third-order valence-electron chi connectivity index (χ3n) is 2.81. The quantitative estimate of drug-likeness (QED) is 0.682. The number of nitro benzene ring substituents is 1. The number of nitro groups is 1. The number of nitrogens with two attached hydrogens (primary N) is 1. The van der Waals surface area contributed by atoms with E-state index in [1.807, 2.05) is 6.92 Å². The van der Waals surface area contributed by atoms with Gasteiger partial charge in [-0.1, -0.05) is 12.1 Å². The zero-order valence-corrected chi connectivity index (χ0v) is 11.2. The molecule has 6 nitrogen and oxygen atoms in total. The van der Waals surface area contributed by atoms with E-state index in [9.17, 15) is 10.1 Å². The molecule has 1 atom stereocenters. The minimum atomic E-state index is -0.483. The molecule has 0 unspecified atom stereocenters. The molecule has 20 heavy (non-hydrogen) atoms. The van der Waals surface area contributed by atoms with Crippen molar-refractivity contribution in [1.82, 2.24) is 4.98 Å². The van der Waals surface area contributed by atoms with Crippen LogP contribution in [0.15, 0.2) is 36.5 Å². The highest BCUT2D eigenvalue weighted by Crippen LogP contribution is 2.33. The largest absolute Gasteiger partial charge is 0.431 e. The molecule has 2 rings (SSSR count). The second-order valence-corrected chi connectivity index (χ2v) is 4.52. The van der Waals surface area contributed by atoms with Gasteiger partial charge in [-0.05, 0) is 31.5 Å². The fourth-order valence-electron chi connectivity index (χ4n) is 1.79. The number of hydrogen-bond donors (Lipinski definition) is 1. The Labute approximate surface area is 116 Å². The SMILES string of the molecule is Cc1ccc([N+](=O)[O-])c(Oc2ncccc2[C@@H](C)N)c1. The summed E-state index contributed by atoms with van der Waals surface area (Å²) >= 11 is 0. The number of pyridine rings is 1. The van der Waals surface area contributed by atoms with Crippen LogP contribution in [-0.4, -0.2) is 9.91 Å². The first-order valence-electron chi connectivity index (χ1n) is 6.12. The fraction of sp³-hybridized carbons (Fsp3) is 0.214. The topological polar surface area (TPSA) is 91.3 Å². The second-order valence-electron chi connectivity index (χ2n) is 4.52. The summed E-state index contributed by atoms with van der Waals surface area (Å²) in [5, 5.41) is 11.0. The lowest BCUT2D eigenvalue weighted by atomic mass is 10.1. The van der Waals surface area contributed by atoms with Gasteiger partial charge in [0.2, 0.25) is 11.6 Å². The summed E-state index contributed by atoms with van der Waals surface area (Å²) in [5.41, 5.74) is 7.30. The zero-order valence-electron chi connectivity index (χ0n) is 11.2. The Morgan fingerprint density at radius 2 is 2.15 bits per heavy atom. The van der Waals surface area contributed by atoms with Crippen molar-refractivity contribution in [3.63, 3.8) is 0 Å². The predicted octanol–water partition coefficient (Wildman–Crippen LogP) is 3.11. The first-order chi connectivity index (χ1) is 9.49. The Kier molecular flexibility index (Phi) is 3.95. The Balaban J connectivity index is 2.45. The number of aryl methyl sites for hydroxylation is 1. The van der Waals surface area contributed by atoms with Crippen molar-refractivity contribution in [3.05, 3.63) is 57.8 Å². The fourth-order valence-corrected chi connectivity index (χ4v) is 1.79. The smallest absolute Gasteiger partial charge is 0.311 e. The van der Waals surface area contributed by atoms with Crippen molar-refractivity contribution in [2.24, 2.45) is 5.73 Å². The summed E-state index contributed by atoms with van der Waals surface area (Å²) in [5.74, 6) is 0.451. The Bertz CT molecular complexity index is 641. The van der Waals surface area contributed by atoms with Gasteiger partial charge in [0.1, 0.15) is 0 Å². The van der Waals surface area contributed by atoms with E-state index in [1.165, 1.54) is 6.07 Å². The summed E-state index contributed by atoms with van der Waals surface area (Å²) in [6.45, 7) is 3.63. The third kappa shape index (κ3) is 2.92. The van der Waals surface area contributed by atoms with E-state index in [-0.39, 0.29) is 23.4 Å². The van der Waals surface area contributed by atoms with Crippen molar-refractivity contribution >= 4 is 5.69 Å². The van der Waals surface area contributed by atoms with Crippen LogP contribution >= 0.6 is 0 Å². The summed E-state index contributed by atoms with van der Waals surface area (Å²) in [6.07, 6.45) is 1.56. The van der Waals surface area contributed by atoms with E-state index < -0.39 is 4.92 Å². The average Bonchev–Trinajstić information content (AvgIpc) is 2.38. The number of rotatable bonds is 4. The van der Waals surface area contributed by atoms with Gasteiger partial charge in [-0.15, -0.1) is 0 Å². The van der Waals surface area contributed by atoms with Crippen LogP contribution in [0.4, 0.5) is 5.69 Å². The van der Waals surface area contributed by atoms with Crippen LogP contribution in [0.1, 0.15) is 24.1 Å². The summed E-state index contributed by atoms with van der Waals surface area (Å²) in [6, 6.07) is 7.94. The minimum absolute atomic E-state index is 0.100. The molecule has 0 spiro atoms. The second kappa shape index (κ2) is 5.66. The average molecular weight is 273 g/mol. The van der Waals surface area contributed by atoms with Crippen molar-refractivity contribution in [1.29, 1.82) is 0 Å². The van der Waals surface area contributed by atoms with Crippen LogP contribution in [-0.2, 0) is 0 Å². The van der Waals surface area contributed by atoms with Gasteiger partial charge in [0.05, 0.1) is 4.92 Å². The van der Waals surface area contributed by atoms with E-state index in [4.69, 9.17) is 10.5 Å².